The van der Waals surface area contributed by atoms with Crippen LogP contribution in [0.3, 0.4) is 0 Å². The molecule has 15 heavy (non-hydrogen) atoms. The molecule has 0 saturated heterocycles. The van der Waals surface area contributed by atoms with Crippen molar-refractivity contribution < 1.29 is 4.74 Å². The second-order valence-corrected chi connectivity index (χ2v) is 3.40. The number of nitrogens with zero attached hydrogens (tertiary/aromatic N) is 1. The highest BCUT2D eigenvalue weighted by Crippen LogP contribution is 2.19. The molecule has 0 aliphatic carbocycles. The number of nitrogens with one attached hydrogen (secondary N) is 1. The summed E-state index contributed by atoms with van der Waals surface area (Å²) >= 11 is 5.99. The second kappa shape index (κ2) is 6.43. The third-order valence-electron chi connectivity index (χ3n) is 1.82. The molecule has 0 amide bonds. The highest BCUT2D eigenvalue weighted by Gasteiger charge is 2.03. The topological polar surface area (TPSA) is 34.1 Å². The third kappa shape index (κ3) is 3.90. The Labute approximate surface area is 95.1 Å². The van der Waals surface area contributed by atoms with E-state index in [2.05, 4.69) is 16.9 Å². The maximum Gasteiger partial charge on any atom is 0.213 e. The summed E-state index contributed by atoms with van der Waals surface area (Å²) in [5, 5.41) is 3.86. The van der Waals surface area contributed by atoms with Crippen LogP contribution in [0.4, 0.5) is 0 Å². The molecule has 0 aliphatic heterocycles. The molecule has 4 heteroatoms. The van der Waals surface area contributed by atoms with Gasteiger partial charge in [0.1, 0.15) is 6.61 Å². The number of pyridine rings is 1. The van der Waals surface area contributed by atoms with E-state index in [0.717, 1.165) is 18.7 Å². The molecule has 0 unspecified atom stereocenters. The summed E-state index contributed by atoms with van der Waals surface area (Å²) in [5.41, 5.74) is 0.993. The molecule has 1 heterocycles. The fraction of sp³-hybridized carbons (Fsp3) is 0.364. The molecular formula is C11H15ClN2O. The molecule has 0 fully saturated rings. The normalized spacial score (nSPS) is 10.0. The van der Waals surface area contributed by atoms with Crippen LogP contribution >= 0.6 is 11.6 Å². The van der Waals surface area contributed by atoms with Crippen molar-refractivity contribution >= 4 is 11.6 Å². The summed E-state index contributed by atoms with van der Waals surface area (Å²) < 4.78 is 5.32. The summed E-state index contributed by atoms with van der Waals surface area (Å²) in [6.45, 7) is 7.70. The molecule has 1 rings (SSSR count). The molecule has 1 N–H and O–H groups in total. The van der Waals surface area contributed by atoms with Gasteiger partial charge in [-0.2, -0.15) is 0 Å². The fourth-order valence-electron chi connectivity index (χ4n) is 1.08. The Morgan fingerprint density at radius 1 is 1.67 bits per heavy atom. The molecule has 1 aromatic rings. The van der Waals surface area contributed by atoms with Gasteiger partial charge in [-0.05, 0) is 12.1 Å². The molecule has 0 bridgehead atoms. The lowest BCUT2D eigenvalue weighted by atomic mass is 10.2. The molecule has 0 aromatic carbocycles. The Morgan fingerprint density at radius 2 is 2.47 bits per heavy atom. The van der Waals surface area contributed by atoms with Gasteiger partial charge in [0, 0.05) is 18.8 Å². The Balaban J connectivity index is 2.70. The van der Waals surface area contributed by atoms with Crippen molar-refractivity contribution in [2.45, 2.75) is 13.5 Å². The molecule has 1 aromatic heterocycles. The van der Waals surface area contributed by atoms with E-state index in [1.165, 1.54) is 0 Å². The molecule has 3 nitrogen and oxygen atoms in total. The molecular weight excluding hydrogens is 212 g/mol. The monoisotopic (exact) mass is 226 g/mol. The summed E-state index contributed by atoms with van der Waals surface area (Å²) in [6.07, 6.45) is 3.28. The Bertz CT molecular complexity index is 328. The molecule has 0 atom stereocenters. The maximum atomic E-state index is 5.99. The van der Waals surface area contributed by atoms with Crippen LogP contribution in [0.5, 0.6) is 5.88 Å². The van der Waals surface area contributed by atoms with E-state index in [9.17, 15) is 0 Å². The zero-order chi connectivity index (χ0) is 11.1. The predicted molar refractivity (Wildman–Crippen MR) is 62.3 cm³/mol. The molecule has 82 valence electrons. The molecule has 0 spiro atoms. The lowest BCUT2D eigenvalue weighted by Crippen LogP contribution is -2.12. The Morgan fingerprint density at radius 3 is 3.13 bits per heavy atom. The van der Waals surface area contributed by atoms with Crippen LogP contribution in [0.25, 0.3) is 0 Å². The average molecular weight is 227 g/mol. The Kier molecular flexibility index (Phi) is 5.15. The highest BCUT2D eigenvalue weighted by atomic mass is 35.5. The van der Waals surface area contributed by atoms with Gasteiger partial charge in [0.2, 0.25) is 5.88 Å². The van der Waals surface area contributed by atoms with Gasteiger partial charge < -0.3 is 10.1 Å². The Hall–Kier alpha value is -1.06. The maximum absolute atomic E-state index is 5.99. The van der Waals surface area contributed by atoms with Crippen molar-refractivity contribution in [3.05, 3.63) is 35.5 Å². The summed E-state index contributed by atoms with van der Waals surface area (Å²) in [5.74, 6) is 0.576. The van der Waals surface area contributed by atoms with E-state index >= 15 is 0 Å². The fourth-order valence-corrected chi connectivity index (χ4v) is 1.25. The number of hydrogen-bond donors (Lipinski definition) is 1. The third-order valence-corrected chi connectivity index (χ3v) is 2.16. The van der Waals surface area contributed by atoms with E-state index < -0.39 is 0 Å². The van der Waals surface area contributed by atoms with E-state index in [1.807, 2.05) is 13.0 Å². The summed E-state index contributed by atoms with van der Waals surface area (Å²) in [6, 6.07) is 1.84. The zero-order valence-electron chi connectivity index (χ0n) is 8.79. The van der Waals surface area contributed by atoms with E-state index in [0.29, 0.717) is 17.5 Å². The molecule has 0 saturated carbocycles. The minimum absolute atomic E-state index is 0.454. The van der Waals surface area contributed by atoms with Gasteiger partial charge in [-0.1, -0.05) is 31.2 Å². The number of rotatable bonds is 6. The average Bonchev–Trinajstić information content (AvgIpc) is 2.26. The second-order valence-electron chi connectivity index (χ2n) is 2.99. The molecule has 0 aliphatic rings. The van der Waals surface area contributed by atoms with Gasteiger partial charge >= 0.3 is 0 Å². The predicted octanol–water partition coefficient (Wildman–Crippen LogP) is 2.41. The van der Waals surface area contributed by atoms with Crippen LogP contribution in [0.2, 0.25) is 5.02 Å². The smallest absolute Gasteiger partial charge is 0.213 e. The SMILES string of the molecule is C=CCOc1cc(CNCC)c(Cl)cn1. The van der Waals surface area contributed by atoms with Gasteiger partial charge in [-0.15, -0.1) is 0 Å². The van der Waals surface area contributed by atoms with Crippen molar-refractivity contribution in [3.8, 4) is 5.88 Å². The van der Waals surface area contributed by atoms with Crippen molar-refractivity contribution in [1.82, 2.24) is 10.3 Å². The number of halogens is 1. The number of ether oxygens (including phenoxy) is 1. The number of aromatic nitrogens is 1. The largest absolute Gasteiger partial charge is 0.473 e. The van der Waals surface area contributed by atoms with Gasteiger partial charge in [0.15, 0.2) is 0 Å². The summed E-state index contributed by atoms with van der Waals surface area (Å²) in [4.78, 5) is 4.05. The van der Waals surface area contributed by atoms with Crippen molar-refractivity contribution in [2.75, 3.05) is 13.2 Å². The van der Waals surface area contributed by atoms with Crippen molar-refractivity contribution in [1.29, 1.82) is 0 Å². The summed E-state index contributed by atoms with van der Waals surface area (Å²) in [7, 11) is 0. The van der Waals surface area contributed by atoms with Gasteiger partial charge in [-0.25, -0.2) is 4.98 Å². The lowest BCUT2D eigenvalue weighted by Gasteiger charge is -2.07. The minimum Gasteiger partial charge on any atom is -0.473 e. The lowest BCUT2D eigenvalue weighted by molar-refractivity contribution is 0.348. The van der Waals surface area contributed by atoms with Gasteiger partial charge in [-0.3, -0.25) is 0 Å². The van der Waals surface area contributed by atoms with Crippen LogP contribution < -0.4 is 10.1 Å². The minimum atomic E-state index is 0.454. The van der Waals surface area contributed by atoms with Gasteiger partial charge in [0.25, 0.3) is 0 Å². The first kappa shape index (κ1) is 12.0. The van der Waals surface area contributed by atoms with E-state index in [-0.39, 0.29) is 0 Å². The quantitative estimate of drug-likeness (QED) is 0.757. The van der Waals surface area contributed by atoms with Crippen molar-refractivity contribution in [2.24, 2.45) is 0 Å². The first-order valence-electron chi connectivity index (χ1n) is 4.86. The standard InChI is InChI=1S/C11H15ClN2O/c1-3-5-15-11-6-9(7-13-4-2)10(12)8-14-11/h3,6,8,13H,1,4-5,7H2,2H3. The zero-order valence-corrected chi connectivity index (χ0v) is 9.55. The van der Waals surface area contributed by atoms with Crippen LogP contribution in [0.1, 0.15) is 12.5 Å². The van der Waals surface area contributed by atoms with Crippen LogP contribution in [-0.4, -0.2) is 18.1 Å². The molecule has 0 radical (unpaired) electrons. The van der Waals surface area contributed by atoms with E-state index in [4.69, 9.17) is 16.3 Å². The van der Waals surface area contributed by atoms with Crippen LogP contribution in [0.15, 0.2) is 24.9 Å². The van der Waals surface area contributed by atoms with Crippen LogP contribution in [0, 0.1) is 0 Å². The number of hydrogen-bond acceptors (Lipinski definition) is 3. The first-order valence-corrected chi connectivity index (χ1v) is 5.24. The van der Waals surface area contributed by atoms with Crippen LogP contribution in [-0.2, 0) is 6.54 Å². The van der Waals surface area contributed by atoms with Gasteiger partial charge in [0.05, 0.1) is 5.02 Å². The van der Waals surface area contributed by atoms with E-state index in [1.54, 1.807) is 12.3 Å². The first-order chi connectivity index (χ1) is 7.27. The highest BCUT2D eigenvalue weighted by molar-refractivity contribution is 6.31. The van der Waals surface area contributed by atoms with Crippen molar-refractivity contribution in [3.63, 3.8) is 0 Å².